The van der Waals surface area contributed by atoms with E-state index in [1.54, 1.807) is 0 Å². The first-order valence-electron chi connectivity index (χ1n) is 10.2. The first-order valence-corrected chi connectivity index (χ1v) is 10.2. The van der Waals surface area contributed by atoms with Gasteiger partial charge in [0, 0.05) is 0 Å². The van der Waals surface area contributed by atoms with E-state index in [0.717, 1.165) is 38.5 Å². The number of carbonyl (C=O) groups is 1. The third kappa shape index (κ3) is 6.88. The van der Waals surface area contributed by atoms with Crippen molar-refractivity contribution in [3.8, 4) is 0 Å². The summed E-state index contributed by atoms with van der Waals surface area (Å²) in [6.07, 6.45) is 12.8. The zero-order valence-electron chi connectivity index (χ0n) is 17.5. The molecule has 0 saturated carbocycles. The molecular weight excluding hydrogens is 328 g/mol. The fourth-order valence-corrected chi connectivity index (χ4v) is 3.69. The van der Waals surface area contributed by atoms with Crippen LogP contribution in [-0.2, 0) is 19.3 Å². The Morgan fingerprint density at radius 2 is 2.04 bits per heavy atom. The summed E-state index contributed by atoms with van der Waals surface area (Å²) in [5.74, 6) is 0.605. The van der Waals surface area contributed by atoms with Gasteiger partial charge in [-0.05, 0) is 50.9 Å². The highest BCUT2D eigenvalue weighted by atomic mass is 17.2. The molecule has 150 valence electrons. The second kappa shape index (κ2) is 11.6. The van der Waals surface area contributed by atoms with E-state index < -0.39 is 5.60 Å². The first kappa shape index (κ1) is 22.9. The molecule has 0 spiro atoms. The minimum Gasteiger partial charge on any atom is -0.469 e. The number of esters is 1. The van der Waals surface area contributed by atoms with E-state index >= 15 is 0 Å². The van der Waals surface area contributed by atoms with E-state index in [4.69, 9.17) is 14.5 Å². The molecule has 4 nitrogen and oxygen atoms in total. The average Bonchev–Trinajstić information content (AvgIpc) is 2.66. The molecule has 0 N–H and O–H groups in total. The lowest BCUT2D eigenvalue weighted by Crippen LogP contribution is -2.44. The van der Waals surface area contributed by atoms with Gasteiger partial charge >= 0.3 is 5.97 Å². The van der Waals surface area contributed by atoms with Crippen LogP contribution in [0.1, 0.15) is 79.6 Å². The lowest BCUT2D eigenvalue weighted by molar-refractivity contribution is -0.409. The standard InChI is InChI=1S/C22H38O4/c1-7-11-12-18(8-2)13-17(5)15-22(10-4)16-19(9-3)20(25-26-22)14-21(23)24-6/h11-12,15,18-20H,7-10,13-14,16H2,1-6H3/b12-11+,17-15+/t18?,19-,20-,22+/m1/s1. The molecule has 0 radical (unpaired) electrons. The van der Waals surface area contributed by atoms with Crippen molar-refractivity contribution >= 4 is 5.97 Å². The van der Waals surface area contributed by atoms with Crippen molar-refractivity contribution in [2.24, 2.45) is 11.8 Å². The molecule has 0 aliphatic carbocycles. The summed E-state index contributed by atoms with van der Waals surface area (Å²) in [5, 5.41) is 0. The predicted molar refractivity (Wildman–Crippen MR) is 106 cm³/mol. The highest BCUT2D eigenvalue weighted by Gasteiger charge is 2.41. The van der Waals surface area contributed by atoms with E-state index in [-0.39, 0.29) is 24.4 Å². The maximum absolute atomic E-state index is 11.6. The smallest absolute Gasteiger partial charge is 0.308 e. The van der Waals surface area contributed by atoms with Crippen molar-refractivity contribution in [2.45, 2.75) is 91.3 Å². The highest BCUT2D eigenvalue weighted by Crippen LogP contribution is 2.39. The molecule has 0 aromatic heterocycles. The summed E-state index contributed by atoms with van der Waals surface area (Å²) in [6, 6.07) is 0. The van der Waals surface area contributed by atoms with Gasteiger partial charge in [0.2, 0.25) is 0 Å². The number of ether oxygens (including phenoxy) is 1. The molecule has 0 bridgehead atoms. The van der Waals surface area contributed by atoms with Crippen LogP contribution in [-0.4, -0.2) is 24.8 Å². The lowest BCUT2D eigenvalue weighted by Gasteiger charge is -2.41. The quantitative estimate of drug-likeness (QED) is 0.279. The fourth-order valence-electron chi connectivity index (χ4n) is 3.69. The van der Waals surface area contributed by atoms with Crippen LogP contribution in [0.15, 0.2) is 23.8 Å². The van der Waals surface area contributed by atoms with Gasteiger partial charge in [-0.15, -0.1) is 0 Å². The topological polar surface area (TPSA) is 44.8 Å². The molecule has 0 amide bonds. The zero-order chi connectivity index (χ0) is 19.6. The van der Waals surface area contributed by atoms with Gasteiger partial charge in [-0.25, -0.2) is 9.78 Å². The summed E-state index contributed by atoms with van der Waals surface area (Å²) < 4.78 is 4.78. The Hall–Kier alpha value is -1.13. The van der Waals surface area contributed by atoms with Crippen molar-refractivity contribution in [3.05, 3.63) is 23.8 Å². The van der Waals surface area contributed by atoms with Gasteiger partial charge in [0.25, 0.3) is 0 Å². The maximum atomic E-state index is 11.6. The minimum atomic E-state index is -0.399. The zero-order valence-corrected chi connectivity index (χ0v) is 17.5. The first-order chi connectivity index (χ1) is 12.4. The molecular formula is C22H38O4. The summed E-state index contributed by atoms with van der Waals surface area (Å²) in [7, 11) is 1.41. The SMILES string of the molecule is CC/C=C/C(CC)C/C(C)=C/[C@@]1(CC)C[C@@H](CC)[C@@H](CC(=O)OC)OO1. The summed E-state index contributed by atoms with van der Waals surface area (Å²) in [5.41, 5.74) is 0.939. The van der Waals surface area contributed by atoms with E-state index in [1.807, 2.05) is 0 Å². The van der Waals surface area contributed by atoms with Crippen LogP contribution >= 0.6 is 0 Å². The Kier molecular flexibility index (Phi) is 10.2. The molecule has 0 aromatic carbocycles. The van der Waals surface area contributed by atoms with Crippen LogP contribution < -0.4 is 0 Å². The predicted octanol–water partition coefficient (Wildman–Crippen LogP) is 5.77. The Morgan fingerprint density at radius 1 is 1.31 bits per heavy atom. The Bertz CT molecular complexity index is 483. The number of methoxy groups -OCH3 is 1. The largest absolute Gasteiger partial charge is 0.469 e. The van der Waals surface area contributed by atoms with Crippen LogP contribution in [0.4, 0.5) is 0 Å². The molecule has 1 aliphatic heterocycles. The van der Waals surface area contributed by atoms with Gasteiger partial charge in [-0.3, -0.25) is 4.79 Å². The summed E-state index contributed by atoms with van der Waals surface area (Å²) in [4.78, 5) is 23.2. The normalized spacial score (nSPS) is 28.3. The van der Waals surface area contributed by atoms with E-state index in [0.29, 0.717) is 5.92 Å². The summed E-state index contributed by atoms with van der Waals surface area (Å²) >= 11 is 0. The molecule has 1 aliphatic rings. The molecule has 4 heteroatoms. The second-order valence-electron chi connectivity index (χ2n) is 7.49. The molecule has 1 fully saturated rings. The maximum Gasteiger partial charge on any atom is 0.308 e. The summed E-state index contributed by atoms with van der Waals surface area (Å²) in [6.45, 7) is 10.9. The molecule has 1 unspecified atom stereocenters. The number of carbonyl (C=O) groups excluding carboxylic acids is 1. The molecule has 26 heavy (non-hydrogen) atoms. The third-order valence-electron chi connectivity index (χ3n) is 5.45. The van der Waals surface area contributed by atoms with Gasteiger partial charge in [-0.2, -0.15) is 0 Å². The number of hydrogen-bond acceptors (Lipinski definition) is 4. The van der Waals surface area contributed by atoms with Crippen LogP contribution in [0, 0.1) is 11.8 Å². The van der Waals surface area contributed by atoms with Crippen molar-refractivity contribution in [1.29, 1.82) is 0 Å². The van der Waals surface area contributed by atoms with E-state index in [1.165, 1.54) is 12.7 Å². The fraction of sp³-hybridized carbons (Fsp3) is 0.773. The average molecular weight is 367 g/mol. The minimum absolute atomic E-state index is 0.225. The van der Waals surface area contributed by atoms with Gasteiger partial charge in [0.05, 0.1) is 13.5 Å². The lowest BCUT2D eigenvalue weighted by atomic mass is 9.80. The van der Waals surface area contributed by atoms with Crippen molar-refractivity contribution in [3.63, 3.8) is 0 Å². The highest BCUT2D eigenvalue weighted by molar-refractivity contribution is 5.69. The van der Waals surface area contributed by atoms with Crippen molar-refractivity contribution < 1.29 is 19.3 Å². The van der Waals surface area contributed by atoms with Crippen molar-refractivity contribution in [1.82, 2.24) is 0 Å². The van der Waals surface area contributed by atoms with Gasteiger partial charge < -0.3 is 4.74 Å². The molecule has 1 heterocycles. The molecule has 0 aromatic rings. The van der Waals surface area contributed by atoms with Crippen LogP contribution in [0.5, 0.6) is 0 Å². The Morgan fingerprint density at radius 3 is 2.58 bits per heavy atom. The molecule has 4 atom stereocenters. The third-order valence-corrected chi connectivity index (χ3v) is 5.45. The molecule has 1 saturated heterocycles. The van der Waals surface area contributed by atoms with Crippen LogP contribution in [0.3, 0.4) is 0 Å². The number of allylic oxidation sites excluding steroid dienone is 3. The molecule has 1 rings (SSSR count). The van der Waals surface area contributed by atoms with Crippen LogP contribution in [0.25, 0.3) is 0 Å². The monoisotopic (exact) mass is 366 g/mol. The Labute approximate surface area is 159 Å². The Balaban J connectivity index is 2.84. The van der Waals surface area contributed by atoms with Crippen LogP contribution in [0.2, 0.25) is 0 Å². The number of hydrogen-bond donors (Lipinski definition) is 0. The second-order valence-corrected chi connectivity index (χ2v) is 7.49. The van der Waals surface area contributed by atoms with Gasteiger partial charge in [0.15, 0.2) is 0 Å². The van der Waals surface area contributed by atoms with E-state index in [9.17, 15) is 4.79 Å². The van der Waals surface area contributed by atoms with Crippen molar-refractivity contribution in [2.75, 3.05) is 7.11 Å². The van der Waals surface area contributed by atoms with E-state index in [2.05, 4.69) is 52.8 Å². The van der Waals surface area contributed by atoms with Gasteiger partial charge in [0.1, 0.15) is 11.7 Å². The number of rotatable bonds is 10. The van der Waals surface area contributed by atoms with Gasteiger partial charge in [-0.1, -0.05) is 57.9 Å².